The number of nitrogen functional groups attached to an aromatic ring is 1. The monoisotopic (exact) mass is 221 g/mol. The van der Waals surface area contributed by atoms with Gasteiger partial charge in [-0.25, -0.2) is 9.97 Å². The number of nitrogens with zero attached hydrogens (tertiary/aromatic N) is 2. The zero-order chi connectivity index (χ0) is 10.7. The van der Waals surface area contributed by atoms with Gasteiger partial charge in [0.2, 0.25) is 0 Å². The minimum atomic E-state index is 0.407. The van der Waals surface area contributed by atoms with E-state index < -0.39 is 0 Å². The molecule has 0 unspecified atom stereocenters. The first-order valence-corrected chi connectivity index (χ1v) is 5.48. The molecule has 0 amide bonds. The molecule has 0 aliphatic carbocycles. The lowest BCUT2D eigenvalue weighted by atomic mass is 10.3. The van der Waals surface area contributed by atoms with Crippen molar-refractivity contribution in [1.29, 1.82) is 0 Å². The molecule has 0 aliphatic heterocycles. The number of rotatable bonds is 3. The van der Waals surface area contributed by atoms with Gasteiger partial charge in [0, 0.05) is 11.6 Å². The van der Waals surface area contributed by atoms with Crippen LogP contribution in [0.4, 0.5) is 5.82 Å². The molecule has 2 rings (SSSR count). The second-order valence-corrected chi connectivity index (χ2v) is 3.74. The molecule has 0 radical (unpaired) electrons. The number of ether oxygens (including phenoxy) is 1. The number of nitrogens with two attached hydrogens (primary N) is 1. The van der Waals surface area contributed by atoms with Gasteiger partial charge in [0.15, 0.2) is 11.6 Å². The van der Waals surface area contributed by atoms with Crippen molar-refractivity contribution in [3.8, 4) is 16.5 Å². The van der Waals surface area contributed by atoms with Gasteiger partial charge in [0.25, 0.3) is 0 Å². The SMILES string of the molecule is CCOc1ccc(-c2nccs2)nc1N. The lowest BCUT2D eigenvalue weighted by Gasteiger charge is -2.06. The Morgan fingerprint density at radius 1 is 1.47 bits per heavy atom. The Hall–Kier alpha value is -1.62. The highest BCUT2D eigenvalue weighted by atomic mass is 32.1. The first kappa shape index (κ1) is 9.92. The van der Waals surface area contributed by atoms with Crippen molar-refractivity contribution in [2.75, 3.05) is 12.3 Å². The van der Waals surface area contributed by atoms with E-state index in [1.165, 1.54) is 11.3 Å². The van der Waals surface area contributed by atoms with Crippen molar-refractivity contribution >= 4 is 17.2 Å². The molecule has 0 spiro atoms. The molecule has 2 aromatic heterocycles. The van der Waals surface area contributed by atoms with Crippen molar-refractivity contribution < 1.29 is 4.74 Å². The molecule has 78 valence electrons. The Morgan fingerprint density at radius 3 is 2.93 bits per heavy atom. The maximum absolute atomic E-state index is 5.75. The van der Waals surface area contributed by atoms with Gasteiger partial charge in [0.05, 0.1) is 6.61 Å². The van der Waals surface area contributed by atoms with Crippen LogP contribution in [0, 0.1) is 0 Å². The van der Waals surface area contributed by atoms with Gasteiger partial charge in [-0.2, -0.15) is 0 Å². The molecule has 0 atom stereocenters. The van der Waals surface area contributed by atoms with E-state index in [2.05, 4.69) is 9.97 Å². The molecule has 2 aromatic rings. The molecule has 0 saturated carbocycles. The number of anilines is 1. The van der Waals surface area contributed by atoms with Crippen LogP contribution in [0.15, 0.2) is 23.7 Å². The fourth-order valence-electron chi connectivity index (χ4n) is 1.21. The van der Waals surface area contributed by atoms with Crippen LogP contribution >= 0.6 is 11.3 Å². The summed E-state index contributed by atoms with van der Waals surface area (Å²) < 4.78 is 5.30. The predicted molar refractivity (Wildman–Crippen MR) is 60.9 cm³/mol. The van der Waals surface area contributed by atoms with Gasteiger partial charge < -0.3 is 10.5 Å². The molecule has 0 saturated heterocycles. The van der Waals surface area contributed by atoms with E-state index in [4.69, 9.17) is 10.5 Å². The quantitative estimate of drug-likeness (QED) is 0.863. The molecular formula is C10H11N3OS. The highest BCUT2D eigenvalue weighted by molar-refractivity contribution is 7.13. The van der Waals surface area contributed by atoms with E-state index >= 15 is 0 Å². The summed E-state index contributed by atoms with van der Waals surface area (Å²) in [6.07, 6.45) is 1.74. The van der Waals surface area contributed by atoms with Crippen LogP contribution in [-0.2, 0) is 0 Å². The molecule has 5 heteroatoms. The molecule has 2 N–H and O–H groups in total. The minimum absolute atomic E-state index is 0.407. The fourth-order valence-corrected chi connectivity index (χ4v) is 1.82. The van der Waals surface area contributed by atoms with Crippen molar-refractivity contribution in [2.24, 2.45) is 0 Å². The summed E-state index contributed by atoms with van der Waals surface area (Å²) in [5.41, 5.74) is 6.54. The lowest BCUT2D eigenvalue weighted by Crippen LogP contribution is -1.99. The Morgan fingerprint density at radius 2 is 2.33 bits per heavy atom. The van der Waals surface area contributed by atoms with Gasteiger partial charge in [-0.1, -0.05) is 0 Å². The number of hydrogen-bond acceptors (Lipinski definition) is 5. The third-order valence-corrected chi connectivity index (χ3v) is 2.63. The molecule has 0 aliphatic rings. The molecule has 4 nitrogen and oxygen atoms in total. The number of thiazole rings is 1. The Balaban J connectivity index is 2.33. The van der Waals surface area contributed by atoms with E-state index in [1.54, 1.807) is 6.20 Å². The summed E-state index contributed by atoms with van der Waals surface area (Å²) in [6, 6.07) is 3.68. The normalized spacial score (nSPS) is 10.2. The van der Waals surface area contributed by atoms with E-state index in [1.807, 2.05) is 24.4 Å². The van der Waals surface area contributed by atoms with Crippen LogP contribution in [0.2, 0.25) is 0 Å². The topological polar surface area (TPSA) is 61.0 Å². The number of aromatic nitrogens is 2. The molecule has 0 aromatic carbocycles. The maximum atomic E-state index is 5.75. The van der Waals surface area contributed by atoms with Gasteiger partial charge in [-0.3, -0.25) is 0 Å². The third kappa shape index (κ3) is 2.07. The molecular weight excluding hydrogens is 210 g/mol. The fraction of sp³-hybridized carbons (Fsp3) is 0.200. The summed E-state index contributed by atoms with van der Waals surface area (Å²) in [7, 11) is 0. The van der Waals surface area contributed by atoms with Crippen LogP contribution in [-0.4, -0.2) is 16.6 Å². The van der Waals surface area contributed by atoms with Crippen molar-refractivity contribution in [3.05, 3.63) is 23.7 Å². The highest BCUT2D eigenvalue weighted by Gasteiger charge is 2.06. The zero-order valence-electron chi connectivity index (χ0n) is 8.30. The Labute approximate surface area is 91.8 Å². The van der Waals surface area contributed by atoms with Crippen LogP contribution in [0.25, 0.3) is 10.7 Å². The number of pyridine rings is 1. The van der Waals surface area contributed by atoms with Crippen LogP contribution in [0.1, 0.15) is 6.92 Å². The van der Waals surface area contributed by atoms with Crippen LogP contribution < -0.4 is 10.5 Å². The molecule has 15 heavy (non-hydrogen) atoms. The molecule has 2 heterocycles. The van der Waals surface area contributed by atoms with E-state index in [-0.39, 0.29) is 0 Å². The Bertz CT molecular complexity index is 442. The average Bonchev–Trinajstić information content (AvgIpc) is 2.74. The predicted octanol–water partition coefficient (Wildman–Crippen LogP) is 2.19. The molecule has 0 bridgehead atoms. The summed E-state index contributed by atoms with van der Waals surface area (Å²) in [5.74, 6) is 1.03. The summed E-state index contributed by atoms with van der Waals surface area (Å²) in [6.45, 7) is 2.50. The zero-order valence-corrected chi connectivity index (χ0v) is 9.12. The van der Waals surface area contributed by atoms with Gasteiger partial charge in [-0.05, 0) is 19.1 Å². The van der Waals surface area contributed by atoms with Crippen LogP contribution in [0.3, 0.4) is 0 Å². The first-order valence-electron chi connectivity index (χ1n) is 4.60. The number of hydrogen-bond donors (Lipinski definition) is 1. The van der Waals surface area contributed by atoms with Gasteiger partial charge >= 0.3 is 0 Å². The first-order chi connectivity index (χ1) is 7.31. The summed E-state index contributed by atoms with van der Waals surface area (Å²) in [4.78, 5) is 8.40. The summed E-state index contributed by atoms with van der Waals surface area (Å²) in [5, 5.41) is 2.77. The van der Waals surface area contributed by atoms with E-state index in [0.29, 0.717) is 18.2 Å². The van der Waals surface area contributed by atoms with Crippen molar-refractivity contribution in [3.63, 3.8) is 0 Å². The van der Waals surface area contributed by atoms with Gasteiger partial charge in [0.1, 0.15) is 10.7 Å². The smallest absolute Gasteiger partial charge is 0.166 e. The van der Waals surface area contributed by atoms with Crippen LogP contribution in [0.5, 0.6) is 5.75 Å². The maximum Gasteiger partial charge on any atom is 0.166 e. The molecule has 0 fully saturated rings. The van der Waals surface area contributed by atoms with Gasteiger partial charge in [-0.15, -0.1) is 11.3 Å². The highest BCUT2D eigenvalue weighted by Crippen LogP contribution is 2.25. The van der Waals surface area contributed by atoms with E-state index in [9.17, 15) is 0 Å². The standard InChI is InChI=1S/C10H11N3OS/c1-2-14-8-4-3-7(13-9(8)11)10-12-5-6-15-10/h3-6H,2H2,1H3,(H2,11,13). The third-order valence-electron chi connectivity index (χ3n) is 1.84. The lowest BCUT2D eigenvalue weighted by molar-refractivity contribution is 0.341. The van der Waals surface area contributed by atoms with Crippen molar-refractivity contribution in [2.45, 2.75) is 6.92 Å². The minimum Gasteiger partial charge on any atom is -0.490 e. The second-order valence-electron chi connectivity index (χ2n) is 2.85. The second kappa shape index (κ2) is 4.27. The largest absolute Gasteiger partial charge is 0.490 e. The van der Waals surface area contributed by atoms with E-state index in [0.717, 1.165) is 10.7 Å². The Kier molecular flexibility index (Phi) is 2.82. The average molecular weight is 221 g/mol. The summed E-state index contributed by atoms with van der Waals surface area (Å²) >= 11 is 1.53. The van der Waals surface area contributed by atoms with Crippen molar-refractivity contribution in [1.82, 2.24) is 9.97 Å².